The zero-order valence-corrected chi connectivity index (χ0v) is 10.0. The topological polar surface area (TPSA) is 30.5 Å². The average Bonchev–Trinajstić information content (AvgIpc) is 2.88. The van der Waals surface area contributed by atoms with E-state index in [-0.39, 0.29) is 0 Å². The van der Waals surface area contributed by atoms with E-state index >= 15 is 0 Å². The summed E-state index contributed by atoms with van der Waals surface area (Å²) in [5, 5.41) is 3.48. The predicted octanol–water partition coefficient (Wildman–Crippen LogP) is 2.13. The van der Waals surface area contributed by atoms with Crippen LogP contribution in [0, 0.1) is 0 Å². The van der Waals surface area contributed by atoms with E-state index in [1.54, 1.807) is 6.08 Å². The van der Waals surface area contributed by atoms with Gasteiger partial charge in [-0.1, -0.05) is 24.8 Å². The second kappa shape index (κ2) is 6.42. The first-order chi connectivity index (χ1) is 8.38. The molecule has 92 valence electrons. The van der Waals surface area contributed by atoms with Gasteiger partial charge < -0.3 is 14.8 Å². The number of ether oxygens (including phenoxy) is 2. The van der Waals surface area contributed by atoms with Crippen molar-refractivity contribution in [2.75, 3.05) is 19.8 Å². The first-order valence-electron chi connectivity index (χ1n) is 6.02. The fourth-order valence-corrected chi connectivity index (χ4v) is 1.82. The van der Waals surface area contributed by atoms with Crippen LogP contribution in [0.4, 0.5) is 0 Å². The van der Waals surface area contributed by atoms with Gasteiger partial charge in [0.2, 0.25) is 0 Å². The summed E-state index contributed by atoms with van der Waals surface area (Å²) in [6.45, 7) is 6.77. The van der Waals surface area contributed by atoms with Gasteiger partial charge >= 0.3 is 0 Å². The van der Waals surface area contributed by atoms with Crippen LogP contribution in [-0.2, 0) is 11.3 Å². The summed E-state index contributed by atoms with van der Waals surface area (Å²) >= 11 is 0. The Labute approximate surface area is 102 Å². The highest BCUT2D eigenvalue weighted by Crippen LogP contribution is 2.12. The molecule has 1 atom stereocenters. The minimum Gasteiger partial charge on any atom is -0.490 e. The van der Waals surface area contributed by atoms with E-state index in [9.17, 15) is 0 Å². The maximum Gasteiger partial charge on any atom is 0.119 e. The SMILES string of the molecule is C=CCOc1ccc(CNC2CCOC2)cc1. The lowest BCUT2D eigenvalue weighted by molar-refractivity contribution is 0.190. The summed E-state index contributed by atoms with van der Waals surface area (Å²) < 4.78 is 10.7. The Hall–Kier alpha value is -1.32. The molecule has 1 fully saturated rings. The Bertz CT molecular complexity index is 342. The zero-order valence-electron chi connectivity index (χ0n) is 10.0. The normalized spacial score (nSPS) is 19.2. The molecule has 17 heavy (non-hydrogen) atoms. The van der Waals surface area contributed by atoms with E-state index in [2.05, 4.69) is 24.0 Å². The van der Waals surface area contributed by atoms with E-state index in [1.165, 1.54) is 5.56 Å². The minimum absolute atomic E-state index is 0.506. The zero-order chi connectivity index (χ0) is 11.9. The van der Waals surface area contributed by atoms with Crippen molar-refractivity contribution in [3.05, 3.63) is 42.5 Å². The van der Waals surface area contributed by atoms with Crippen LogP contribution in [0.2, 0.25) is 0 Å². The van der Waals surface area contributed by atoms with E-state index in [1.807, 2.05) is 12.1 Å². The molecule has 2 rings (SSSR count). The van der Waals surface area contributed by atoms with Crippen LogP contribution < -0.4 is 10.1 Å². The molecule has 0 amide bonds. The quantitative estimate of drug-likeness (QED) is 0.764. The highest BCUT2D eigenvalue weighted by atomic mass is 16.5. The van der Waals surface area contributed by atoms with Crippen LogP contribution in [0.25, 0.3) is 0 Å². The molecule has 0 spiro atoms. The van der Waals surface area contributed by atoms with Crippen molar-refractivity contribution in [3.8, 4) is 5.75 Å². The molecule has 3 nitrogen and oxygen atoms in total. The monoisotopic (exact) mass is 233 g/mol. The van der Waals surface area contributed by atoms with Crippen molar-refractivity contribution >= 4 is 0 Å². The minimum atomic E-state index is 0.506. The number of benzene rings is 1. The summed E-state index contributed by atoms with van der Waals surface area (Å²) in [6.07, 6.45) is 2.86. The van der Waals surface area contributed by atoms with Gasteiger partial charge in [0.1, 0.15) is 12.4 Å². The molecule has 3 heteroatoms. The fraction of sp³-hybridized carbons (Fsp3) is 0.429. The lowest BCUT2D eigenvalue weighted by Gasteiger charge is -2.10. The van der Waals surface area contributed by atoms with Gasteiger partial charge in [-0.3, -0.25) is 0 Å². The molecular weight excluding hydrogens is 214 g/mol. The van der Waals surface area contributed by atoms with Gasteiger partial charge in [-0.2, -0.15) is 0 Å². The molecule has 0 radical (unpaired) electrons. The van der Waals surface area contributed by atoms with Gasteiger partial charge in [0.05, 0.1) is 6.61 Å². The summed E-state index contributed by atoms with van der Waals surface area (Å²) in [6, 6.07) is 8.66. The molecule has 1 aromatic rings. The van der Waals surface area contributed by atoms with Gasteiger partial charge in [-0.15, -0.1) is 0 Å². The molecule has 0 aromatic heterocycles. The molecule has 0 saturated carbocycles. The van der Waals surface area contributed by atoms with Crippen molar-refractivity contribution in [1.29, 1.82) is 0 Å². The van der Waals surface area contributed by atoms with Crippen LogP contribution in [0.5, 0.6) is 5.75 Å². The number of hydrogen-bond acceptors (Lipinski definition) is 3. The van der Waals surface area contributed by atoms with Gasteiger partial charge in [0.25, 0.3) is 0 Å². The number of hydrogen-bond donors (Lipinski definition) is 1. The highest BCUT2D eigenvalue weighted by Gasteiger charge is 2.14. The average molecular weight is 233 g/mol. The van der Waals surface area contributed by atoms with Gasteiger partial charge in [-0.05, 0) is 24.1 Å². The lowest BCUT2D eigenvalue weighted by Crippen LogP contribution is -2.28. The fourth-order valence-electron chi connectivity index (χ4n) is 1.82. The summed E-state index contributed by atoms with van der Waals surface area (Å²) in [5.74, 6) is 0.887. The maximum atomic E-state index is 5.43. The van der Waals surface area contributed by atoms with E-state index in [4.69, 9.17) is 9.47 Å². The van der Waals surface area contributed by atoms with Gasteiger partial charge in [-0.25, -0.2) is 0 Å². The molecule has 1 unspecified atom stereocenters. The molecular formula is C14H19NO2. The first kappa shape index (κ1) is 12.1. The third-order valence-electron chi connectivity index (χ3n) is 2.82. The molecule has 1 N–H and O–H groups in total. The van der Waals surface area contributed by atoms with Crippen LogP contribution in [0.15, 0.2) is 36.9 Å². The van der Waals surface area contributed by atoms with Crippen molar-refractivity contribution in [2.45, 2.75) is 19.0 Å². The second-order valence-electron chi connectivity index (χ2n) is 4.19. The molecule has 1 heterocycles. The predicted molar refractivity (Wildman–Crippen MR) is 68.2 cm³/mol. The second-order valence-corrected chi connectivity index (χ2v) is 4.19. The van der Waals surface area contributed by atoms with Crippen LogP contribution in [0.3, 0.4) is 0 Å². The van der Waals surface area contributed by atoms with Crippen LogP contribution in [0.1, 0.15) is 12.0 Å². The third-order valence-corrected chi connectivity index (χ3v) is 2.82. The summed E-state index contributed by atoms with van der Waals surface area (Å²) in [4.78, 5) is 0. The summed E-state index contributed by atoms with van der Waals surface area (Å²) in [5.41, 5.74) is 1.27. The maximum absolute atomic E-state index is 5.43. The number of rotatable bonds is 6. The van der Waals surface area contributed by atoms with Crippen LogP contribution in [-0.4, -0.2) is 25.9 Å². The Morgan fingerprint density at radius 2 is 2.24 bits per heavy atom. The molecule has 0 aliphatic carbocycles. The highest BCUT2D eigenvalue weighted by molar-refractivity contribution is 5.27. The Morgan fingerprint density at radius 3 is 2.88 bits per heavy atom. The molecule has 1 aliphatic heterocycles. The molecule has 1 aromatic carbocycles. The van der Waals surface area contributed by atoms with Crippen molar-refractivity contribution in [3.63, 3.8) is 0 Å². The largest absolute Gasteiger partial charge is 0.490 e. The molecule has 1 saturated heterocycles. The number of nitrogens with one attached hydrogen (secondary N) is 1. The van der Waals surface area contributed by atoms with Crippen molar-refractivity contribution in [2.24, 2.45) is 0 Å². The smallest absolute Gasteiger partial charge is 0.119 e. The van der Waals surface area contributed by atoms with E-state index in [0.29, 0.717) is 12.6 Å². The lowest BCUT2D eigenvalue weighted by atomic mass is 10.2. The Balaban J connectivity index is 1.78. The summed E-state index contributed by atoms with van der Waals surface area (Å²) in [7, 11) is 0. The standard InChI is InChI=1S/C14H19NO2/c1-2-8-17-14-5-3-12(4-6-14)10-15-13-7-9-16-11-13/h2-6,13,15H,1,7-11H2. The van der Waals surface area contributed by atoms with Crippen LogP contribution >= 0.6 is 0 Å². The van der Waals surface area contributed by atoms with Crippen molar-refractivity contribution < 1.29 is 9.47 Å². The van der Waals surface area contributed by atoms with E-state index < -0.39 is 0 Å². The Morgan fingerprint density at radius 1 is 1.41 bits per heavy atom. The van der Waals surface area contributed by atoms with Gasteiger partial charge in [0, 0.05) is 19.2 Å². The molecule has 1 aliphatic rings. The molecule has 0 bridgehead atoms. The first-order valence-corrected chi connectivity index (χ1v) is 6.02. The Kier molecular flexibility index (Phi) is 4.59. The van der Waals surface area contributed by atoms with Crippen molar-refractivity contribution in [1.82, 2.24) is 5.32 Å². The third kappa shape index (κ3) is 3.88. The van der Waals surface area contributed by atoms with Gasteiger partial charge in [0.15, 0.2) is 0 Å². The van der Waals surface area contributed by atoms with E-state index in [0.717, 1.165) is 31.9 Å².